The Morgan fingerprint density at radius 1 is 1.47 bits per heavy atom. The zero-order valence-corrected chi connectivity index (χ0v) is 11.1. The highest BCUT2D eigenvalue weighted by Crippen LogP contribution is 2.16. The second-order valence-electron chi connectivity index (χ2n) is 4.23. The summed E-state index contributed by atoms with van der Waals surface area (Å²) in [4.78, 5) is 24.9. The predicted octanol–water partition coefficient (Wildman–Crippen LogP) is 1.97. The Morgan fingerprint density at radius 3 is 2.53 bits per heavy atom. The van der Waals surface area contributed by atoms with Crippen molar-refractivity contribution in [3.8, 4) is 0 Å². The Balaban J connectivity index is 2.63. The molecule has 1 aromatic heterocycles. The number of thiophene rings is 1. The molecule has 0 aliphatic heterocycles. The molecule has 94 valence electrons. The number of carboxylic acid groups (broad SMARTS) is 1. The summed E-state index contributed by atoms with van der Waals surface area (Å²) in [6, 6.07) is 3.84. The van der Waals surface area contributed by atoms with E-state index in [9.17, 15) is 9.59 Å². The minimum atomic E-state index is -1.18. The molecule has 2 N–H and O–H groups in total. The molecule has 0 aliphatic carbocycles. The largest absolute Gasteiger partial charge is 0.480 e. The van der Waals surface area contributed by atoms with Gasteiger partial charge in [-0.1, -0.05) is 6.92 Å². The van der Waals surface area contributed by atoms with Gasteiger partial charge in [0.2, 0.25) is 5.91 Å². The van der Waals surface area contributed by atoms with Gasteiger partial charge in [0.25, 0.3) is 0 Å². The van der Waals surface area contributed by atoms with E-state index in [1.165, 1.54) is 6.92 Å². The van der Waals surface area contributed by atoms with Crippen molar-refractivity contribution < 1.29 is 14.7 Å². The van der Waals surface area contributed by atoms with Crippen molar-refractivity contribution >= 4 is 23.2 Å². The maximum Gasteiger partial charge on any atom is 0.329 e. The highest BCUT2D eigenvalue weighted by molar-refractivity contribution is 7.12. The van der Waals surface area contributed by atoms with Crippen LogP contribution in [0, 0.1) is 6.92 Å². The van der Waals surface area contributed by atoms with Crippen LogP contribution in [0.2, 0.25) is 0 Å². The van der Waals surface area contributed by atoms with Crippen LogP contribution in [-0.4, -0.2) is 22.5 Å². The summed E-state index contributed by atoms with van der Waals surface area (Å²) in [6.07, 6.45) is 0.596. The molecule has 1 heterocycles. The van der Waals surface area contributed by atoms with Crippen LogP contribution in [0.15, 0.2) is 12.1 Å². The van der Waals surface area contributed by atoms with Crippen molar-refractivity contribution in [2.24, 2.45) is 0 Å². The molecule has 17 heavy (non-hydrogen) atoms. The van der Waals surface area contributed by atoms with E-state index in [0.717, 1.165) is 9.75 Å². The van der Waals surface area contributed by atoms with Gasteiger partial charge >= 0.3 is 5.97 Å². The maximum absolute atomic E-state index is 11.7. The Hall–Kier alpha value is -1.36. The minimum absolute atomic E-state index is 0.237. The summed E-state index contributed by atoms with van der Waals surface area (Å²) in [5, 5.41) is 11.6. The van der Waals surface area contributed by atoms with Crippen LogP contribution in [0.4, 0.5) is 0 Å². The molecule has 0 radical (unpaired) electrons. The van der Waals surface area contributed by atoms with E-state index >= 15 is 0 Å². The molecule has 0 saturated heterocycles. The zero-order valence-electron chi connectivity index (χ0n) is 10.2. The molecule has 0 aromatic carbocycles. The summed E-state index contributed by atoms with van der Waals surface area (Å²) >= 11 is 1.55. The Kier molecular flexibility index (Phi) is 4.28. The number of rotatable bonds is 5. The lowest BCUT2D eigenvalue weighted by Gasteiger charge is -2.24. The van der Waals surface area contributed by atoms with Crippen molar-refractivity contribution in [1.82, 2.24) is 5.32 Å². The molecule has 1 atom stereocenters. The summed E-state index contributed by atoms with van der Waals surface area (Å²) < 4.78 is 0. The number of aryl methyl sites for hydroxylation is 1. The van der Waals surface area contributed by atoms with E-state index in [4.69, 9.17) is 5.11 Å². The van der Waals surface area contributed by atoms with Crippen LogP contribution < -0.4 is 5.32 Å². The number of amides is 1. The average Bonchev–Trinajstić information content (AvgIpc) is 2.63. The summed E-state index contributed by atoms with van der Waals surface area (Å²) in [7, 11) is 0. The first kappa shape index (κ1) is 13.7. The van der Waals surface area contributed by atoms with Gasteiger partial charge in [-0.2, -0.15) is 0 Å². The van der Waals surface area contributed by atoms with E-state index in [1.54, 1.807) is 18.3 Å². The van der Waals surface area contributed by atoms with Crippen LogP contribution in [0.25, 0.3) is 0 Å². The number of hydrogen-bond acceptors (Lipinski definition) is 3. The Labute approximate surface area is 105 Å². The number of carbonyl (C=O) groups excluding carboxylic acids is 1. The van der Waals surface area contributed by atoms with E-state index in [2.05, 4.69) is 5.32 Å². The Morgan fingerprint density at radius 2 is 2.12 bits per heavy atom. The van der Waals surface area contributed by atoms with Crippen LogP contribution >= 0.6 is 11.3 Å². The standard InChI is InChI=1S/C12H17NO3S/c1-4-12(3,11(15)16)13-10(14)7-9-6-5-8(2)17-9/h5-6H,4,7H2,1-3H3,(H,13,14)(H,15,16). The molecule has 0 aliphatic rings. The van der Waals surface area contributed by atoms with Gasteiger partial charge in [-0.3, -0.25) is 4.79 Å². The molecule has 0 saturated carbocycles. The number of nitrogens with one attached hydrogen (secondary N) is 1. The third kappa shape index (κ3) is 3.56. The van der Waals surface area contributed by atoms with Gasteiger partial charge in [-0.05, 0) is 32.4 Å². The van der Waals surface area contributed by atoms with E-state index in [-0.39, 0.29) is 12.3 Å². The number of carbonyl (C=O) groups is 2. The smallest absolute Gasteiger partial charge is 0.329 e. The summed E-state index contributed by atoms with van der Waals surface area (Å²) in [5.74, 6) is -1.26. The van der Waals surface area contributed by atoms with Crippen molar-refractivity contribution in [1.29, 1.82) is 0 Å². The molecule has 1 unspecified atom stereocenters. The lowest BCUT2D eigenvalue weighted by molar-refractivity contribution is -0.146. The first-order chi connectivity index (χ1) is 7.87. The fourth-order valence-electron chi connectivity index (χ4n) is 1.38. The van der Waals surface area contributed by atoms with Gasteiger partial charge in [0.05, 0.1) is 6.42 Å². The molecule has 5 heteroatoms. The molecule has 0 spiro atoms. The third-order valence-corrected chi connectivity index (χ3v) is 3.73. The maximum atomic E-state index is 11.7. The van der Waals surface area contributed by atoms with Gasteiger partial charge in [0, 0.05) is 9.75 Å². The summed E-state index contributed by atoms with van der Waals surface area (Å²) in [6.45, 7) is 5.23. The molecule has 1 amide bonds. The number of hydrogen-bond donors (Lipinski definition) is 2. The average molecular weight is 255 g/mol. The molecule has 1 aromatic rings. The molecule has 0 bridgehead atoms. The van der Waals surface area contributed by atoms with Crippen LogP contribution in [0.5, 0.6) is 0 Å². The van der Waals surface area contributed by atoms with E-state index in [0.29, 0.717) is 6.42 Å². The zero-order chi connectivity index (χ0) is 13.1. The van der Waals surface area contributed by atoms with Crippen molar-refractivity contribution in [3.63, 3.8) is 0 Å². The van der Waals surface area contributed by atoms with Crippen LogP contribution in [-0.2, 0) is 16.0 Å². The lowest BCUT2D eigenvalue weighted by Crippen LogP contribution is -2.52. The van der Waals surface area contributed by atoms with Crippen molar-refractivity contribution in [2.75, 3.05) is 0 Å². The van der Waals surface area contributed by atoms with Gasteiger partial charge < -0.3 is 10.4 Å². The molecular weight excluding hydrogens is 238 g/mol. The minimum Gasteiger partial charge on any atom is -0.480 e. The molecule has 4 nitrogen and oxygen atoms in total. The van der Waals surface area contributed by atoms with E-state index < -0.39 is 11.5 Å². The fourth-order valence-corrected chi connectivity index (χ4v) is 2.27. The molecular formula is C12H17NO3S. The van der Waals surface area contributed by atoms with E-state index in [1.807, 2.05) is 19.1 Å². The van der Waals surface area contributed by atoms with Crippen LogP contribution in [0.1, 0.15) is 30.0 Å². The Bertz CT molecular complexity index is 427. The predicted molar refractivity (Wildman–Crippen MR) is 67.2 cm³/mol. The first-order valence-corrected chi connectivity index (χ1v) is 6.29. The molecule has 1 rings (SSSR count). The first-order valence-electron chi connectivity index (χ1n) is 5.47. The highest BCUT2D eigenvalue weighted by atomic mass is 32.1. The van der Waals surface area contributed by atoms with Crippen molar-refractivity contribution in [3.05, 3.63) is 21.9 Å². The number of carboxylic acids is 1. The monoisotopic (exact) mass is 255 g/mol. The quantitative estimate of drug-likeness (QED) is 0.845. The van der Waals surface area contributed by atoms with Crippen molar-refractivity contribution in [2.45, 2.75) is 39.2 Å². The van der Waals surface area contributed by atoms with Gasteiger partial charge in [-0.15, -0.1) is 11.3 Å². The second kappa shape index (κ2) is 5.31. The number of aliphatic carboxylic acids is 1. The molecule has 0 fully saturated rings. The topological polar surface area (TPSA) is 66.4 Å². The summed E-state index contributed by atoms with van der Waals surface area (Å²) in [5.41, 5.74) is -1.18. The van der Waals surface area contributed by atoms with Gasteiger partial charge in [0.1, 0.15) is 5.54 Å². The van der Waals surface area contributed by atoms with Gasteiger partial charge in [0.15, 0.2) is 0 Å². The fraction of sp³-hybridized carbons (Fsp3) is 0.500. The lowest BCUT2D eigenvalue weighted by atomic mass is 9.99. The second-order valence-corrected chi connectivity index (χ2v) is 5.60. The highest BCUT2D eigenvalue weighted by Gasteiger charge is 2.32. The SMILES string of the molecule is CCC(C)(NC(=O)Cc1ccc(C)s1)C(=O)O. The van der Waals surface area contributed by atoms with Crippen LogP contribution in [0.3, 0.4) is 0 Å². The normalized spacial score (nSPS) is 14.1. The van der Waals surface area contributed by atoms with Gasteiger partial charge in [-0.25, -0.2) is 4.79 Å². The third-order valence-electron chi connectivity index (χ3n) is 2.73.